The third-order valence-electron chi connectivity index (χ3n) is 2.17. The molecule has 1 rings (SSSR count). The van der Waals surface area contributed by atoms with E-state index in [0.29, 0.717) is 30.1 Å². The van der Waals surface area contributed by atoms with Gasteiger partial charge in [0.15, 0.2) is 0 Å². The first kappa shape index (κ1) is 15.9. The number of thiophene rings is 1. The largest absolute Gasteiger partial charge is 0.463 e. The fourth-order valence-electron chi connectivity index (χ4n) is 1.33. The highest BCUT2D eigenvalue weighted by atomic mass is 79.9. The summed E-state index contributed by atoms with van der Waals surface area (Å²) in [5.74, 6) is -0.776. The van der Waals surface area contributed by atoms with E-state index in [0.717, 1.165) is 9.35 Å². The molecule has 0 aliphatic carbocycles. The molecule has 0 amide bonds. The van der Waals surface area contributed by atoms with Gasteiger partial charge in [-0.25, -0.2) is 9.59 Å². The van der Waals surface area contributed by atoms with E-state index in [2.05, 4.69) is 22.5 Å². The number of ether oxygens (including phenoxy) is 2. The maximum absolute atomic E-state index is 11.6. The van der Waals surface area contributed by atoms with Gasteiger partial charge in [-0.2, -0.15) is 0 Å². The maximum Gasteiger partial charge on any atom is 0.348 e. The molecule has 0 aliphatic heterocycles. The van der Waals surface area contributed by atoms with Crippen molar-refractivity contribution in [3.8, 4) is 0 Å². The molecule has 0 aliphatic rings. The Hall–Kier alpha value is -1.14. The van der Waals surface area contributed by atoms with E-state index in [9.17, 15) is 9.59 Å². The quantitative estimate of drug-likeness (QED) is 0.585. The molecule has 0 atom stereocenters. The second kappa shape index (κ2) is 7.45. The summed E-state index contributed by atoms with van der Waals surface area (Å²) in [6.45, 7) is 7.84. The molecule has 19 heavy (non-hydrogen) atoms. The number of carbonyl (C=O) groups excluding carboxylic acids is 2. The topological polar surface area (TPSA) is 52.6 Å². The van der Waals surface area contributed by atoms with E-state index in [4.69, 9.17) is 9.47 Å². The zero-order valence-corrected chi connectivity index (χ0v) is 13.2. The van der Waals surface area contributed by atoms with Crippen LogP contribution in [-0.4, -0.2) is 25.2 Å². The van der Waals surface area contributed by atoms with Gasteiger partial charge in [-0.05, 0) is 35.8 Å². The minimum atomic E-state index is -0.416. The average Bonchev–Trinajstić information content (AvgIpc) is 2.71. The summed E-state index contributed by atoms with van der Waals surface area (Å²) in [5, 5.41) is 0. The Balaban J connectivity index is 2.77. The third kappa shape index (κ3) is 4.47. The second-order valence-electron chi connectivity index (χ2n) is 3.60. The highest BCUT2D eigenvalue weighted by molar-refractivity contribution is 9.10. The zero-order chi connectivity index (χ0) is 14.4. The summed E-state index contributed by atoms with van der Waals surface area (Å²) in [4.78, 5) is 24.4. The Morgan fingerprint density at radius 3 is 2.53 bits per heavy atom. The normalized spacial score (nSPS) is 10.1. The smallest absolute Gasteiger partial charge is 0.348 e. The summed E-state index contributed by atoms with van der Waals surface area (Å²) in [7, 11) is 0. The summed E-state index contributed by atoms with van der Waals surface area (Å²) in [6, 6.07) is 1.69. The highest BCUT2D eigenvalue weighted by Gasteiger charge is 2.17. The Morgan fingerprint density at radius 2 is 1.95 bits per heavy atom. The first-order chi connectivity index (χ1) is 8.99. The van der Waals surface area contributed by atoms with Gasteiger partial charge < -0.3 is 9.47 Å². The number of halogens is 1. The molecule has 0 aromatic carbocycles. The van der Waals surface area contributed by atoms with Crippen LogP contribution in [0.2, 0.25) is 0 Å². The number of hydrogen-bond acceptors (Lipinski definition) is 5. The second-order valence-corrected chi connectivity index (χ2v) is 5.59. The number of carbonyl (C=O) groups is 2. The van der Waals surface area contributed by atoms with Crippen LogP contribution in [0.3, 0.4) is 0 Å². The van der Waals surface area contributed by atoms with Gasteiger partial charge in [-0.3, -0.25) is 0 Å². The van der Waals surface area contributed by atoms with Crippen molar-refractivity contribution in [3.05, 3.63) is 32.4 Å². The van der Waals surface area contributed by atoms with Gasteiger partial charge in [-0.15, -0.1) is 11.3 Å². The highest BCUT2D eigenvalue weighted by Crippen LogP contribution is 2.30. The van der Waals surface area contributed by atoms with Crippen LogP contribution in [0.15, 0.2) is 22.7 Å². The van der Waals surface area contributed by atoms with E-state index in [1.807, 2.05) is 0 Å². The fraction of sp³-hybridized carbons (Fsp3) is 0.385. The first-order valence-corrected chi connectivity index (χ1v) is 7.40. The van der Waals surface area contributed by atoms with Gasteiger partial charge in [0, 0.05) is 21.3 Å². The fourth-order valence-corrected chi connectivity index (χ4v) is 3.08. The Bertz CT molecular complexity index is 493. The van der Waals surface area contributed by atoms with Crippen LogP contribution < -0.4 is 0 Å². The molecule has 0 saturated carbocycles. The van der Waals surface area contributed by atoms with Gasteiger partial charge >= 0.3 is 11.9 Å². The van der Waals surface area contributed by atoms with Gasteiger partial charge in [0.2, 0.25) is 0 Å². The van der Waals surface area contributed by atoms with Crippen LogP contribution in [0.1, 0.15) is 28.4 Å². The standard InChI is InChI=1S/C13H15BrO4S/c1-4-17-12(15)8(3)6-10-9(14)7-11(19-10)13(16)18-5-2/h7H,3-6H2,1-2H3. The molecule has 6 heteroatoms. The van der Waals surface area contributed by atoms with Crippen molar-refractivity contribution in [2.75, 3.05) is 13.2 Å². The van der Waals surface area contributed by atoms with Crippen molar-refractivity contribution in [2.45, 2.75) is 20.3 Å². The molecule has 1 aromatic heterocycles. The molecule has 4 nitrogen and oxygen atoms in total. The summed E-state index contributed by atoms with van der Waals surface area (Å²) >= 11 is 4.64. The van der Waals surface area contributed by atoms with Crippen molar-refractivity contribution < 1.29 is 19.1 Å². The van der Waals surface area contributed by atoms with Crippen LogP contribution in [0.25, 0.3) is 0 Å². The lowest BCUT2D eigenvalue weighted by atomic mass is 10.2. The lowest BCUT2D eigenvalue weighted by Gasteiger charge is -2.03. The molecule has 0 bridgehead atoms. The van der Waals surface area contributed by atoms with Gasteiger partial charge in [0.25, 0.3) is 0 Å². The van der Waals surface area contributed by atoms with E-state index >= 15 is 0 Å². The predicted molar refractivity (Wildman–Crippen MR) is 77.5 cm³/mol. The van der Waals surface area contributed by atoms with Crippen LogP contribution in [-0.2, 0) is 20.7 Å². The van der Waals surface area contributed by atoms with Crippen molar-refractivity contribution in [3.63, 3.8) is 0 Å². The SMILES string of the molecule is C=C(Cc1sc(C(=O)OCC)cc1Br)C(=O)OCC. The molecule has 0 fully saturated rings. The molecule has 104 valence electrons. The zero-order valence-electron chi connectivity index (χ0n) is 10.8. The number of hydrogen-bond donors (Lipinski definition) is 0. The Labute approximate surface area is 124 Å². The molecule has 1 aromatic rings. The average molecular weight is 347 g/mol. The van der Waals surface area contributed by atoms with Crippen LogP contribution in [0.4, 0.5) is 0 Å². The Morgan fingerprint density at radius 1 is 1.32 bits per heavy atom. The minimum Gasteiger partial charge on any atom is -0.463 e. The lowest BCUT2D eigenvalue weighted by Crippen LogP contribution is -2.08. The van der Waals surface area contributed by atoms with Crippen molar-refractivity contribution in [2.24, 2.45) is 0 Å². The lowest BCUT2D eigenvalue weighted by molar-refractivity contribution is -0.138. The van der Waals surface area contributed by atoms with Crippen molar-refractivity contribution in [1.82, 2.24) is 0 Å². The van der Waals surface area contributed by atoms with Crippen LogP contribution in [0.5, 0.6) is 0 Å². The number of esters is 2. The molecular weight excluding hydrogens is 332 g/mol. The van der Waals surface area contributed by atoms with E-state index in [-0.39, 0.29) is 5.97 Å². The van der Waals surface area contributed by atoms with E-state index in [1.54, 1.807) is 19.9 Å². The minimum absolute atomic E-state index is 0.317. The summed E-state index contributed by atoms with van der Waals surface area (Å²) in [5.41, 5.74) is 0.361. The van der Waals surface area contributed by atoms with Gasteiger partial charge in [0.1, 0.15) is 4.88 Å². The molecule has 0 radical (unpaired) electrons. The first-order valence-electron chi connectivity index (χ1n) is 5.79. The van der Waals surface area contributed by atoms with Crippen molar-refractivity contribution >= 4 is 39.2 Å². The summed E-state index contributed by atoms with van der Waals surface area (Å²) in [6.07, 6.45) is 0.351. The monoisotopic (exact) mass is 346 g/mol. The van der Waals surface area contributed by atoms with Crippen LogP contribution >= 0.6 is 27.3 Å². The molecular formula is C13H15BrO4S. The molecule has 0 unspecified atom stereocenters. The molecule has 0 spiro atoms. The van der Waals surface area contributed by atoms with Gasteiger partial charge in [-0.1, -0.05) is 6.58 Å². The predicted octanol–water partition coefficient (Wildman–Crippen LogP) is 3.35. The van der Waals surface area contributed by atoms with Gasteiger partial charge in [0.05, 0.1) is 13.2 Å². The number of rotatable bonds is 6. The van der Waals surface area contributed by atoms with E-state index < -0.39 is 5.97 Å². The molecule has 1 heterocycles. The van der Waals surface area contributed by atoms with Crippen molar-refractivity contribution in [1.29, 1.82) is 0 Å². The van der Waals surface area contributed by atoms with E-state index in [1.165, 1.54) is 11.3 Å². The molecule has 0 saturated heterocycles. The molecule has 0 N–H and O–H groups in total. The van der Waals surface area contributed by atoms with Crippen LogP contribution in [0, 0.1) is 0 Å². The summed E-state index contributed by atoms with van der Waals surface area (Å²) < 4.78 is 10.6. The third-order valence-corrected chi connectivity index (χ3v) is 4.26. The maximum atomic E-state index is 11.6. The Kier molecular flexibility index (Phi) is 6.24.